The average Bonchev–Trinajstić information content (AvgIpc) is 3.35. The zero-order chi connectivity index (χ0) is 22.1. The fourth-order valence-electron chi connectivity index (χ4n) is 4.33. The third-order valence-corrected chi connectivity index (χ3v) is 8.86. The van der Waals surface area contributed by atoms with E-state index in [9.17, 15) is 19.8 Å². The monoisotopic (exact) mass is 464 g/mol. The van der Waals surface area contributed by atoms with Crippen molar-refractivity contribution < 1.29 is 24.5 Å². The van der Waals surface area contributed by atoms with E-state index in [1.807, 2.05) is 37.3 Å². The fraction of sp³-hybridized carbons (Fsp3) is 0.545. The van der Waals surface area contributed by atoms with Crippen LogP contribution >= 0.6 is 23.5 Å². The molecule has 0 radical (unpaired) electrons. The third kappa shape index (κ3) is 4.33. The van der Waals surface area contributed by atoms with Crippen molar-refractivity contribution >= 4 is 35.4 Å². The number of likely N-dealkylation sites (tertiary alicyclic amines) is 1. The summed E-state index contributed by atoms with van der Waals surface area (Å²) in [5, 5.41) is 19.9. The van der Waals surface area contributed by atoms with Crippen molar-refractivity contribution in [3.63, 3.8) is 0 Å². The largest absolute Gasteiger partial charge is 0.477 e. The Balaban J connectivity index is 1.41. The van der Waals surface area contributed by atoms with Crippen LogP contribution in [0.3, 0.4) is 0 Å². The molecule has 168 valence electrons. The van der Waals surface area contributed by atoms with E-state index in [1.165, 1.54) is 16.7 Å². The molecule has 7 nitrogen and oxygen atoms in total. The highest BCUT2D eigenvalue weighted by atomic mass is 32.2. The SMILES string of the molecule is CCC(Oc1ccccc1)N1CCC(SC2=C(C(=O)O)N3C(=O)[C@@H]([C@@H](O)CC)[C@H]3S2)C1. The number of aliphatic hydroxyl groups excluding tert-OH is 1. The number of carbonyl (C=O) groups is 2. The van der Waals surface area contributed by atoms with Gasteiger partial charge in [-0.25, -0.2) is 4.79 Å². The predicted molar refractivity (Wildman–Crippen MR) is 121 cm³/mol. The number of nitrogens with zero attached hydrogens (tertiary/aromatic N) is 2. The van der Waals surface area contributed by atoms with Gasteiger partial charge in [0, 0.05) is 18.3 Å². The molecule has 0 spiro atoms. The van der Waals surface area contributed by atoms with E-state index < -0.39 is 18.0 Å². The molecular weight excluding hydrogens is 436 g/mol. The Morgan fingerprint density at radius 3 is 2.68 bits per heavy atom. The maximum absolute atomic E-state index is 12.5. The summed E-state index contributed by atoms with van der Waals surface area (Å²) < 4.78 is 6.84. The number of aliphatic carboxylic acids is 1. The lowest BCUT2D eigenvalue weighted by atomic mass is 9.90. The zero-order valence-corrected chi connectivity index (χ0v) is 19.3. The molecule has 3 heterocycles. The van der Waals surface area contributed by atoms with Crippen LogP contribution in [0.15, 0.2) is 40.3 Å². The minimum absolute atomic E-state index is 0.0252. The van der Waals surface area contributed by atoms with E-state index in [4.69, 9.17) is 4.74 Å². The van der Waals surface area contributed by atoms with Crippen LogP contribution in [0.25, 0.3) is 0 Å². The number of aliphatic hydroxyl groups is 1. The summed E-state index contributed by atoms with van der Waals surface area (Å²) in [4.78, 5) is 28.1. The number of β-lactam (4-membered cyclic amide) rings is 1. The number of hydrogen-bond donors (Lipinski definition) is 2. The van der Waals surface area contributed by atoms with Gasteiger partial charge in [-0.1, -0.05) is 43.8 Å². The number of para-hydroxylation sites is 1. The van der Waals surface area contributed by atoms with E-state index in [-0.39, 0.29) is 28.5 Å². The number of carboxylic acids is 1. The van der Waals surface area contributed by atoms with Gasteiger partial charge in [-0.05, 0) is 31.4 Å². The van der Waals surface area contributed by atoms with Gasteiger partial charge in [0.15, 0.2) is 11.9 Å². The van der Waals surface area contributed by atoms with Crippen molar-refractivity contribution in [2.24, 2.45) is 5.92 Å². The smallest absolute Gasteiger partial charge is 0.354 e. The van der Waals surface area contributed by atoms with E-state index >= 15 is 0 Å². The standard InChI is InChI=1S/C22H28N2O5S2/c1-3-15(25)17-19(26)24-18(21(27)28)22(31-20(17)24)30-14-10-11-23(12-14)16(4-2)29-13-8-6-5-7-9-13/h5-9,14-17,20,25H,3-4,10-12H2,1-2H3,(H,27,28)/t14?,15-,16?,17+,20+/m0/s1. The van der Waals surface area contributed by atoms with Gasteiger partial charge in [-0.2, -0.15) is 0 Å². The molecule has 0 aromatic heterocycles. The summed E-state index contributed by atoms with van der Waals surface area (Å²) in [5.41, 5.74) is 0.0792. The lowest BCUT2D eigenvalue weighted by molar-refractivity contribution is -0.157. The number of carboxylic acid groups (broad SMARTS) is 1. The van der Waals surface area contributed by atoms with Gasteiger partial charge in [0.1, 0.15) is 11.1 Å². The Kier molecular flexibility index (Phi) is 6.86. The van der Waals surface area contributed by atoms with Gasteiger partial charge in [0.25, 0.3) is 0 Å². The molecule has 9 heteroatoms. The second-order valence-electron chi connectivity index (χ2n) is 7.98. The summed E-state index contributed by atoms with van der Waals surface area (Å²) in [7, 11) is 0. The number of thioether (sulfide) groups is 2. The first-order valence-corrected chi connectivity index (χ1v) is 12.5. The summed E-state index contributed by atoms with van der Waals surface area (Å²) in [6, 6.07) is 9.77. The highest BCUT2D eigenvalue weighted by Crippen LogP contribution is 2.55. The summed E-state index contributed by atoms with van der Waals surface area (Å²) in [6.07, 6.45) is 1.50. The second-order valence-corrected chi connectivity index (χ2v) is 10.7. The van der Waals surface area contributed by atoms with Crippen LogP contribution in [0.5, 0.6) is 5.75 Å². The Morgan fingerprint density at radius 2 is 2.03 bits per heavy atom. The number of amides is 1. The molecule has 0 bridgehead atoms. The van der Waals surface area contributed by atoms with E-state index in [1.54, 1.807) is 11.8 Å². The third-order valence-electron chi connectivity index (χ3n) is 6.00. The van der Waals surface area contributed by atoms with Crippen molar-refractivity contribution in [1.29, 1.82) is 0 Å². The number of hydrogen-bond acceptors (Lipinski definition) is 7. The molecule has 31 heavy (non-hydrogen) atoms. The van der Waals surface area contributed by atoms with Crippen LogP contribution in [-0.4, -0.2) is 67.9 Å². The van der Waals surface area contributed by atoms with Gasteiger partial charge >= 0.3 is 5.97 Å². The molecular formula is C22H28N2O5S2. The number of ether oxygens (including phenoxy) is 1. The average molecular weight is 465 g/mol. The molecule has 5 atom stereocenters. The Bertz CT molecular complexity index is 865. The Labute approximate surface area is 190 Å². The maximum atomic E-state index is 12.5. The van der Waals surface area contributed by atoms with Crippen LogP contribution in [-0.2, 0) is 9.59 Å². The fourth-order valence-corrected chi connectivity index (χ4v) is 7.62. The number of fused-ring (bicyclic) bond motifs is 1. The second kappa shape index (κ2) is 9.44. The normalized spacial score (nSPS) is 27.8. The van der Waals surface area contributed by atoms with Crippen molar-refractivity contribution in [1.82, 2.24) is 9.80 Å². The van der Waals surface area contributed by atoms with E-state index in [0.717, 1.165) is 31.7 Å². The highest BCUT2D eigenvalue weighted by molar-refractivity contribution is 8.23. The van der Waals surface area contributed by atoms with Crippen molar-refractivity contribution in [2.75, 3.05) is 13.1 Å². The highest BCUT2D eigenvalue weighted by Gasteiger charge is 2.58. The van der Waals surface area contributed by atoms with Crippen LogP contribution in [0, 0.1) is 5.92 Å². The first kappa shape index (κ1) is 22.5. The molecule has 2 N–H and O–H groups in total. The van der Waals surface area contributed by atoms with E-state index in [2.05, 4.69) is 11.8 Å². The van der Waals surface area contributed by atoms with E-state index in [0.29, 0.717) is 10.7 Å². The van der Waals surface area contributed by atoms with Gasteiger partial charge in [-0.3, -0.25) is 14.6 Å². The first-order valence-electron chi connectivity index (χ1n) is 10.7. The Hall–Kier alpha value is -1.68. The van der Waals surface area contributed by atoms with Crippen molar-refractivity contribution in [3.8, 4) is 5.75 Å². The van der Waals surface area contributed by atoms with Gasteiger partial charge in [-0.15, -0.1) is 11.8 Å². The van der Waals surface area contributed by atoms with Crippen LogP contribution in [0.1, 0.15) is 33.1 Å². The summed E-state index contributed by atoms with van der Waals surface area (Å²) in [5.74, 6) is -1.04. The predicted octanol–water partition coefficient (Wildman–Crippen LogP) is 3.16. The zero-order valence-electron chi connectivity index (χ0n) is 17.6. The summed E-state index contributed by atoms with van der Waals surface area (Å²) in [6.45, 7) is 5.61. The maximum Gasteiger partial charge on any atom is 0.354 e. The van der Waals surface area contributed by atoms with Crippen LogP contribution < -0.4 is 4.74 Å². The van der Waals surface area contributed by atoms with Crippen LogP contribution in [0.2, 0.25) is 0 Å². The molecule has 2 fully saturated rings. The topological polar surface area (TPSA) is 90.3 Å². The minimum atomic E-state index is -1.08. The molecule has 1 aromatic rings. The molecule has 4 rings (SSSR count). The molecule has 3 aliphatic rings. The number of benzene rings is 1. The molecule has 1 amide bonds. The molecule has 0 aliphatic carbocycles. The van der Waals surface area contributed by atoms with Gasteiger partial charge < -0.3 is 14.9 Å². The minimum Gasteiger partial charge on any atom is -0.477 e. The van der Waals surface area contributed by atoms with Gasteiger partial charge in [0.2, 0.25) is 5.91 Å². The molecule has 3 aliphatic heterocycles. The molecule has 2 saturated heterocycles. The van der Waals surface area contributed by atoms with Crippen molar-refractivity contribution in [3.05, 3.63) is 40.3 Å². The number of carbonyl (C=O) groups excluding carboxylic acids is 1. The van der Waals surface area contributed by atoms with Crippen LogP contribution in [0.4, 0.5) is 0 Å². The lowest BCUT2D eigenvalue weighted by Crippen LogP contribution is -2.61. The molecule has 1 aromatic carbocycles. The number of rotatable bonds is 9. The first-order chi connectivity index (χ1) is 14.9. The quantitative estimate of drug-likeness (QED) is 0.539. The summed E-state index contributed by atoms with van der Waals surface area (Å²) >= 11 is 2.96. The lowest BCUT2D eigenvalue weighted by Gasteiger charge is -2.44. The van der Waals surface area contributed by atoms with Crippen molar-refractivity contribution in [2.45, 2.75) is 56.1 Å². The molecule has 0 saturated carbocycles. The molecule has 2 unspecified atom stereocenters. The Morgan fingerprint density at radius 1 is 1.29 bits per heavy atom. The van der Waals surface area contributed by atoms with Gasteiger partial charge in [0.05, 0.1) is 16.3 Å².